The van der Waals surface area contributed by atoms with Crippen LogP contribution < -0.4 is 16.0 Å². The second-order valence-electron chi connectivity index (χ2n) is 6.26. The number of phenolic OH excluding ortho intramolecular Hbond substituents is 1. The van der Waals surface area contributed by atoms with Crippen molar-refractivity contribution in [1.82, 2.24) is 10.2 Å². The van der Waals surface area contributed by atoms with Gasteiger partial charge in [-0.05, 0) is 31.2 Å². The highest BCUT2D eigenvalue weighted by Crippen LogP contribution is 2.27. The first-order chi connectivity index (χ1) is 13.1. The number of carbonyl (C=O) groups is 1. The van der Waals surface area contributed by atoms with E-state index in [1.54, 1.807) is 18.2 Å². The average molecular weight is 371 g/mol. The summed E-state index contributed by atoms with van der Waals surface area (Å²) in [4.78, 5) is 20.1. The summed E-state index contributed by atoms with van der Waals surface area (Å²) >= 11 is 0. The van der Waals surface area contributed by atoms with Crippen LogP contribution in [0.2, 0.25) is 0 Å². The van der Waals surface area contributed by atoms with Gasteiger partial charge >= 0.3 is 0 Å². The highest BCUT2D eigenvalue weighted by Gasteiger charge is 2.21. The zero-order valence-electron chi connectivity index (χ0n) is 15.4. The molecule has 1 aliphatic heterocycles. The number of hydrogen-bond acceptors (Lipinski definition) is 5. The number of rotatable bonds is 5. The van der Waals surface area contributed by atoms with E-state index in [1.165, 1.54) is 0 Å². The summed E-state index contributed by atoms with van der Waals surface area (Å²) in [5.41, 5.74) is 6.06. The van der Waals surface area contributed by atoms with Gasteiger partial charge in [-0.2, -0.15) is 0 Å². The number of guanidine groups is 1. The van der Waals surface area contributed by atoms with Gasteiger partial charge in [0.05, 0.1) is 5.69 Å². The van der Waals surface area contributed by atoms with Crippen molar-refractivity contribution in [3.63, 3.8) is 0 Å². The summed E-state index contributed by atoms with van der Waals surface area (Å²) in [7, 11) is 0. The molecule has 0 radical (unpaired) electrons. The predicted octanol–water partition coefficient (Wildman–Crippen LogP) is 1.37. The lowest BCUT2D eigenvalue weighted by molar-refractivity contribution is 0.0972. The Morgan fingerprint density at radius 2 is 1.96 bits per heavy atom. The topological polar surface area (TPSA) is 107 Å². The number of nitrogens with two attached hydrogens (primary N) is 1. The molecule has 0 spiro atoms. The molecule has 8 nitrogen and oxygen atoms in total. The van der Waals surface area contributed by atoms with Gasteiger partial charge < -0.3 is 30.4 Å². The first-order valence-corrected chi connectivity index (χ1v) is 9.03. The number of aliphatic imine (C=N–C) groups is 1. The lowest BCUT2D eigenvalue weighted by Crippen LogP contribution is -2.52. The number of hydrogen-bond donors (Lipinski definition) is 3. The van der Waals surface area contributed by atoms with Crippen molar-refractivity contribution >= 4 is 17.6 Å². The van der Waals surface area contributed by atoms with E-state index < -0.39 is 5.91 Å². The van der Waals surface area contributed by atoms with Crippen LogP contribution in [0.4, 0.5) is 5.69 Å². The molecule has 1 aliphatic rings. The molecule has 1 saturated heterocycles. The second kappa shape index (κ2) is 8.48. The standard InChI is InChI=1S/C19H25N5O3/c1-2-21-19(22-13-14-7-8-17(27-14)18(20)26)24-11-9-23(10-12-24)15-5-3-4-6-16(15)25/h3-8,25H,2,9-13H2,1H3,(H2,20,26)(H,21,22). The van der Waals surface area contributed by atoms with Gasteiger partial charge in [-0.15, -0.1) is 0 Å². The van der Waals surface area contributed by atoms with Gasteiger partial charge in [0, 0.05) is 32.7 Å². The molecule has 1 aromatic heterocycles. The second-order valence-corrected chi connectivity index (χ2v) is 6.26. The van der Waals surface area contributed by atoms with Crippen molar-refractivity contribution in [3.8, 4) is 5.75 Å². The lowest BCUT2D eigenvalue weighted by Gasteiger charge is -2.37. The number of carbonyl (C=O) groups excluding carboxylic acids is 1. The maximum atomic E-state index is 11.1. The molecule has 0 atom stereocenters. The van der Waals surface area contributed by atoms with E-state index in [9.17, 15) is 9.90 Å². The summed E-state index contributed by atoms with van der Waals surface area (Å²) in [5.74, 6) is 1.24. The molecule has 0 saturated carbocycles. The number of anilines is 1. The average Bonchev–Trinajstić information content (AvgIpc) is 3.15. The minimum atomic E-state index is -0.586. The number of para-hydroxylation sites is 2. The zero-order chi connectivity index (χ0) is 19.2. The van der Waals surface area contributed by atoms with Crippen LogP contribution in [0.5, 0.6) is 5.75 Å². The van der Waals surface area contributed by atoms with Gasteiger partial charge in [-0.25, -0.2) is 4.99 Å². The van der Waals surface area contributed by atoms with Crippen LogP contribution in [-0.2, 0) is 6.54 Å². The summed E-state index contributed by atoms with van der Waals surface area (Å²) in [6.45, 7) is 6.24. The number of primary amides is 1. The Morgan fingerprint density at radius 3 is 2.59 bits per heavy atom. The van der Waals surface area contributed by atoms with E-state index in [4.69, 9.17) is 10.2 Å². The summed E-state index contributed by atoms with van der Waals surface area (Å²) < 4.78 is 5.39. The van der Waals surface area contributed by atoms with E-state index in [-0.39, 0.29) is 5.76 Å². The van der Waals surface area contributed by atoms with E-state index >= 15 is 0 Å². The summed E-state index contributed by atoms with van der Waals surface area (Å²) in [6, 6.07) is 10.7. The Hall–Kier alpha value is -3.16. The number of piperazine rings is 1. The van der Waals surface area contributed by atoms with Crippen molar-refractivity contribution in [1.29, 1.82) is 0 Å². The molecule has 27 heavy (non-hydrogen) atoms. The number of nitrogens with zero attached hydrogens (tertiary/aromatic N) is 3. The van der Waals surface area contributed by atoms with Crippen LogP contribution in [0, 0.1) is 0 Å². The fourth-order valence-electron chi connectivity index (χ4n) is 3.06. The van der Waals surface area contributed by atoms with Crippen molar-refractivity contribution in [2.45, 2.75) is 13.5 Å². The quantitative estimate of drug-likeness (QED) is 0.541. The maximum Gasteiger partial charge on any atom is 0.284 e. The number of amides is 1. The molecule has 8 heteroatoms. The fraction of sp³-hybridized carbons (Fsp3) is 0.368. The molecule has 0 aliphatic carbocycles. The smallest absolute Gasteiger partial charge is 0.284 e. The van der Waals surface area contributed by atoms with Crippen LogP contribution in [0.25, 0.3) is 0 Å². The number of furan rings is 1. The Bertz CT molecular complexity index is 809. The van der Waals surface area contributed by atoms with Crippen LogP contribution in [0.15, 0.2) is 45.8 Å². The molecule has 1 amide bonds. The number of aromatic hydroxyl groups is 1. The van der Waals surface area contributed by atoms with Gasteiger partial charge in [-0.1, -0.05) is 12.1 Å². The lowest BCUT2D eigenvalue weighted by atomic mass is 10.2. The Balaban J connectivity index is 1.63. The zero-order valence-corrected chi connectivity index (χ0v) is 15.4. The van der Waals surface area contributed by atoms with Crippen molar-refractivity contribution < 1.29 is 14.3 Å². The van der Waals surface area contributed by atoms with Gasteiger partial charge in [0.15, 0.2) is 11.7 Å². The fourth-order valence-corrected chi connectivity index (χ4v) is 3.06. The Labute approximate surface area is 158 Å². The number of benzene rings is 1. The predicted molar refractivity (Wildman–Crippen MR) is 104 cm³/mol. The molecule has 0 bridgehead atoms. The van der Waals surface area contributed by atoms with Gasteiger partial charge in [0.25, 0.3) is 5.91 Å². The van der Waals surface area contributed by atoms with Crippen molar-refractivity contribution in [3.05, 3.63) is 47.9 Å². The third kappa shape index (κ3) is 4.52. The monoisotopic (exact) mass is 371 g/mol. The first kappa shape index (κ1) is 18.6. The summed E-state index contributed by atoms with van der Waals surface area (Å²) in [6.07, 6.45) is 0. The molecular weight excluding hydrogens is 346 g/mol. The normalized spacial score (nSPS) is 15.1. The molecule has 144 valence electrons. The Morgan fingerprint density at radius 1 is 1.22 bits per heavy atom. The minimum absolute atomic E-state index is 0.140. The molecule has 0 unspecified atom stereocenters. The number of nitrogens with one attached hydrogen (secondary N) is 1. The highest BCUT2D eigenvalue weighted by atomic mass is 16.3. The van der Waals surface area contributed by atoms with Crippen LogP contribution >= 0.6 is 0 Å². The molecule has 2 aromatic rings. The van der Waals surface area contributed by atoms with Crippen LogP contribution in [-0.4, -0.2) is 54.6 Å². The van der Waals surface area contributed by atoms with Crippen molar-refractivity contribution in [2.24, 2.45) is 10.7 Å². The largest absolute Gasteiger partial charge is 0.506 e. The molecule has 2 heterocycles. The third-order valence-electron chi connectivity index (χ3n) is 4.43. The van der Waals surface area contributed by atoms with Crippen LogP contribution in [0.3, 0.4) is 0 Å². The van der Waals surface area contributed by atoms with Gasteiger partial charge in [0.1, 0.15) is 18.1 Å². The summed E-state index contributed by atoms with van der Waals surface area (Å²) in [5, 5.41) is 13.3. The van der Waals surface area contributed by atoms with E-state index in [1.807, 2.05) is 25.1 Å². The molecular formula is C19H25N5O3. The molecule has 3 rings (SSSR count). The third-order valence-corrected chi connectivity index (χ3v) is 4.43. The SMILES string of the molecule is CCNC(=NCc1ccc(C(N)=O)o1)N1CCN(c2ccccc2O)CC1. The first-order valence-electron chi connectivity index (χ1n) is 9.03. The van der Waals surface area contributed by atoms with E-state index in [2.05, 4.69) is 20.1 Å². The van der Waals surface area contributed by atoms with Gasteiger partial charge in [-0.3, -0.25) is 4.79 Å². The van der Waals surface area contributed by atoms with Crippen LogP contribution in [0.1, 0.15) is 23.2 Å². The Kier molecular flexibility index (Phi) is 5.85. The molecule has 1 aromatic carbocycles. The highest BCUT2D eigenvalue weighted by molar-refractivity contribution is 5.89. The minimum Gasteiger partial charge on any atom is -0.506 e. The van der Waals surface area contributed by atoms with E-state index in [0.717, 1.165) is 44.4 Å². The van der Waals surface area contributed by atoms with E-state index in [0.29, 0.717) is 18.1 Å². The van der Waals surface area contributed by atoms with Gasteiger partial charge in [0.2, 0.25) is 0 Å². The number of phenols is 1. The molecule has 4 N–H and O–H groups in total. The van der Waals surface area contributed by atoms with Crippen molar-refractivity contribution in [2.75, 3.05) is 37.6 Å². The maximum absolute atomic E-state index is 11.1. The molecule has 1 fully saturated rings.